The van der Waals surface area contributed by atoms with Crippen molar-refractivity contribution >= 4 is 0 Å². The lowest BCUT2D eigenvalue weighted by Crippen LogP contribution is -2.39. The van der Waals surface area contributed by atoms with Gasteiger partial charge in [-0.2, -0.15) is 0 Å². The maximum absolute atomic E-state index is 2.59. The Kier molecular flexibility index (Phi) is 9.61. The molecule has 1 heterocycles. The predicted molar refractivity (Wildman–Crippen MR) is 89.5 cm³/mol. The third kappa shape index (κ3) is 6.19. The highest BCUT2D eigenvalue weighted by Crippen LogP contribution is 2.22. The van der Waals surface area contributed by atoms with E-state index < -0.39 is 0 Å². The van der Waals surface area contributed by atoms with Crippen LogP contribution in [0.5, 0.6) is 0 Å². The summed E-state index contributed by atoms with van der Waals surface area (Å²) in [4.78, 5) is 5.14. The van der Waals surface area contributed by atoms with Crippen molar-refractivity contribution in [2.75, 3.05) is 13.1 Å². The first-order chi connectivity index (χ1) is 9.83. The zero-order valence-electron chi connectivity index (χ0n) is 14.1. The molecule has 0 saturated heterocycles. The Balaban J connectivity index is 2.25. The highest BCUT2D eigenvalue weighted by molar-refractivity contribution is 4.96. The second-order valence-corrected chi connectivity index (χ2v) is 6.16. The van der Waals surface area contributed by atoms with Gasteiger partial charge in [-0.1, -0.05) is 59.3 Å². The number of hydrogen-bond donors (Lipinski definition) is 0. The fourth-order valence-corrected chi connectivity index (χ4v) is 3.06. The average Bonchev–Trinajstić information content (AvgIpc) is 2.83. The minimum Gasteiger partial charge on any atom is -0.356 e. The molecular formula is C18H36N2. The molecule has 1 aliphatic rings. The van der Waals surface area contributed by atoms with Crippen LogP contribution in [0.2, 0.25) is 0 Å². The fraction of sp³-hybridized carbons (Fsp3) is 0.889. The van der Waals surface area contributed by atoms with Gasteiger partial charge in [-0.15, -0.1) is 0 Å². The minimum absolute atomic E-state index is 0.644. The Bertz CT molecular complexity index is 250. The largest absolute Gasteiger partial charge is 0.356 e. The molecule has 2 nitrogen and oxygen atoms in total. The van der Waals surface area contributed by atoms with Crippen molar-refractivity contribution in [3.8, 4) is 0 Å². The number of unbranched alkanes of at least 4 members (excludes halogenated alkanes) is 6. The molecule has 0 spiro atoms. The van der Waals surface area contributed by atoms with Gasteiger partial charge in [-0.05, 0) is 25.7 Å². The van der Waals surface area contributed by atoms with Crippen molar-refractivity contribution in [1.29, 1.82) is 0 Å². The van der Waals surface area contributed by atoms with Crippen LogP contribution < -0.4 is 0 Å². The second-order valence-electron chi connectivity index (χ2n) is 6.16. The molecule has 0 N–H and O–H groups in total. The van der Waals surface area contributed by atoms with E-state index in [1.807, 2.05) is 0 Å². The van der Waals surface area contributed by atoms with Gasteiger partial charge in [0, 0.05) is 25.5 Å². The number of nitrogens with zero attached hydrogens (tertiary/aromatic N) is 2. The van der Waals surface area contributed by atoms with Crippen LogP contribution in [0, 0.1) is 0 Å². The molecule has 0 aromatic rings. The summed E-state index contributed by atoms with van der Waals surface area (Å²) in [6, 6.07) is 0. The fourth-order valence-electron chi connectivity index (χ4n) is 3.06. The maximum Gasteiger partial charge on any atom is 0.101 e. The lowest BCUT2D eigenvalue weighted by atomic mass is 10.1. The van der Waals surface area contributed by atoms with E-state index in [-0.39, 0.29) is 0 Å². The summed E-state index contributed by atoms with van der Waals surface area (Å²) in [7, 11) is 0. The first-order valence-electron chi connectivity index (χ1n) is 9.03. The maximum atomic E-state index is 2.59. The summed E-state index contributed by atoms with van der Waals surface area (Å²) in [5.74, 6) is 0. The summed E-state index contributed by atoms with van der Waals surface area (Å²) >= 11 is 0. The van der Waals surface area contributed by atoms with Gasteiger partial charge in [0.15, 0.2) is 0 Å². The zero-order valence-corrected chi connectivity index (χ0v) is 14.1. The molecule has 1 atom stereocenters. The van der Waals surface area contributed by atoms with Gasteiger partial charge in [0.25, 0.3) is 0 Å². The molecule has 0 amide bonds. The minimum atomic E-state index is 0.644. The van der Waals surface area contributed by atoms with Crippen molar-refractivity contribution in [1.82, 2.24) is 9.80 Å². The third-order valence-electron chi connectivity index (χ3n) is 4.28. The molecule has 2 heteroatoms. The van der Waals surface area contributed by atoms with Gasteiger partial charge in [-0.3, -0.25) is 0 Å². The van der Waals surface area contributed by atoms with Crippen molar-refractivity contribution in [3.05, 3.63) is 12.4 Å². The number of rotatable bonds is 12. The van der Waals surface area contributed by atoms with Gasteiger partial charge in [0.05, 0.1) is 0 Å². The molecule has 0 saturated carbocycles. The van der Waals surface area contributed by atoms with Crippen LogP contribution in [0.25, 0.3) is 0 Å². The zero-order chi connectivity index (χ0) is 14.6. The van der Waals surface area contributed by atoms with E-state index in [0.29, 0.717) is 6.17 Å². The lowest BCUT2D eigenvalue weighted by Gasteiger charge is -2.33. The topological polar surface area (TPSA) is 6.48 Å². The predicted octanol–water partition coefficient (Wildman–Crippen LogP) is 5.36. The summed E-state index contributed by atoms with van der Waals surface area (Å²) in [6.07, 6.45) is 18.9. The Morgan fingerprint density at radius 3 is 1.90 bits per heavy atom. The van der Waals surface area contributed by atoms with Crippen molar-refractivity contribution in [2.45, 2.75) is 91.1 Å². The third-order valence-corrected chi connectivity index (χ3v) is 4.28. The molecule has 20 heavy (non-hydrogen) atoms. The van der Waals surface area contributed by atoms with E-state index in [0.717, 1.165) is 0 Å². The van der Waals surface area contributed by atoms with Crippen LogP contribution in [0.15, 0.2) is 12.4 Å². The first-order valence-corrected chi connectivity index (χ1v) is 9.03. The van der Waals surface area contributed by atoms with Crippen LogP contribution >= 0.6 is 0 Å². The summed E-state index contributed by atoms with van der Waals surface area (Å²) < 4.78 is 0. The van der Waals surface area contributed by atoms with Crippen molar-refractivity contribution in [3.63, 3.8) is 0 Å². The van der Waals surface area contributed by atoms with Gasteiger partial charge in [-0.25, -0.2) is 0 Å². The Morgan fingerprint density at radius 1 is 0.650 bits per heavy atom. The van der Waals surface area contributed by atoms with Crippen molar-refractivity contribution < 1.29 is 0 Å². The monoisotopic (exact) mass is 280 g/mol. The summed E-state index contributed by atoms with van der Waals surface area (Å²) in [5.41, 5.74) is 0. The van der Waals surface area contributed by atoms with E-state index in [4.69, 9.17) is 0 Å². The Labute approximate surface area is 127 Å². The van der Waals surface area contributed by atoms with Gasteiger partial charge >= 0.3 is 0 Å². The van der Waals surface area contributed by atoms with Gasteiger partial charge < -0.3 is 9.80 Å². The molecule has 1 rings (SSSR count). The molecule has 1 unspecified atom stereocenters. The average molecular weight is 281 g/mol. The van der Waals surface area contributed by atoms with Crippen LogP contribution in [0.1, 0.15) is 85.0 Å². The van der Waals surface area contributed by atoms with Gasteiger partial charge in [0.1, 0.15) is 6.17 Å². The second kappa shape index (κ2) is 11.0. The molecule has 118 valence electrons. The van der Waals surface area contributed by atoms with E-state index in [1.165, 1.54) is 77.3 Å². The molecule has 0 radical (unpaired) electrons. The Hall–Kier alpha value is -0.660. The molecule has 0 aliphatic carbocycles. The van der Waals surface area contributed by atoms with Gasteiger partial charge in [0.2, 0.25) is 0 Å². The smallest absolute Gasteiger partial charge is 0.101 e. The molecule has 0 bridgehead atoms. The Morgan fingerprint density at radius 2 is 1.25 bits per heavy atom. The molecule has 1 aliphatic heterocycles. The molecule has 0 aromatic heterocycles. The van der Waals surface area contributed by atoms with E-state index in [1.54, 1.807) is 0 Å². The molecular weight excluding hydrogens is 244 g/mol. The van der Waals surface area contributed by atoms with Crippen LogP contribution in [0.4, 0.5) is 0 Å². The van der Waals surface area contributed by atoms with Crippen molar-refractivity contribution in [2.24, 2.45) is 0 Å². The number of hydrogen-bond acceptors (Lipinski definition) is 2. The quantitative estimate of drug-likeness (QED) is 0.444. The standard InChI is InChI=1S/C18H36N2/c1-4-7-9-10-11-12-15-20-17-16-19(14-6-3)18(20)13-8-5-2/h16-18H,4-15H2,1-3H3. The first kappa shape index (κ1) is 17.4. The normalized spacial score (nSPS) is 18.2. The van der Waals surface area contributed by atoms with Crippen LogP contribution in [-0.4, -0.2) is 29.1 Å². The summed E-state index contributed by atoms with van der Waals surface area (Å²) in [5, 5.41) is 0. The van der Waals surface area contributed by atoms with E-state index in [2.05, 4.69) is 43.0 Å². The van der Waals surface area contributed by atoms with Crippen LogP contribution in [-0.2, 0) is 0 Å². The highest BCUT2D eigenvalue weighted by atomic mass is 15.4. The highest BCUT2D eigenvalue weighted by Gasteiger charge is 2.24. The van der Waals surface area contributed by atoms with E-state index >= 15 is 0 Å². The van der Waals surface area contributed by atoms with Crippen LogP contribution in [0.3, 0.4) is 0 Å². The SMILES string of the molecule is CCCCCCCCN1C=CN(CCC)C1CCCC. The van der Waals surface area contributed by atoms with E-state index in [9.17, 15) is 0 Å². The molecule has 0 aromatic carbocycles. The lowest BCUT2D eigenvalue weighted by molar-refractivity contribution is 0.138. The molecule has 0 fully saturated rings. The summed E-state index contributed by atoms with van der Waals surface area (Å²) in [6.45, 7) is 9.32.